The molecule has 2 N–H and O–H groups in total. The molecule has 0 amide bonds. The van der Waals surface area contributed by atoms with Gasteiger partial charge in [-0.05, 0) is 37.5 Å². The van der Waals surface area contributed by atoms with Crippen LogP contribution in [0.4, 0.5) is 0 Å². The molecule has 0 radical (unpaired) electrons. The summed E-state index contributed by atoms with van der Waals surface area (Å²) in [6.45, 7) is 5.27. The first kappa shape index (κ1) is 23.5. The lowest BCUT2D eigenvalue weighted by Gasteiger charge is -2.38. The average molecular weight is 532 g/mol. The van der Waals surface area contributed by atoms with Gasteiger partial charge in [-0.25, -0.2) is 4.98 Å². The molecule has 0 spiro atoms. The topological polar surface area (TPSA) is 57.0 Å². The van der Waals surface area contributed by atoms with E-state index in [2.05, 4.69) is 73.4 Å². The number of fused-ring (bicyclic) bond motifs is 1. The monoisotopic (exact) mass is 532 g/mol. The highest BCUT2D eigenvalue weighted by Gasteiger charge is 2.25. The van der Waals surface area contributed by atoms with E-state index in [1.807, 2.05) is 31.4 Å². The number of pyridine rings is 1. The van der Waals surface area contributed by atoms with Gasteiger partial charge in [0.2, 0.25) is 0 Å². The van der Waals surface area contributed by atoms with Gasteiger partial charge >= 0.3 is 0 Å². The van der Waals surface area contributed by atoms with Crippen LogP contribution in [0.2, 0.25) is 0 Å². The van der Waals surface area contributed by atoms with Gasteiger partial charge in [0.15, 0.2) is 5.96 Å². The molecule has 2 aromatic heterocycles. The summed E-state index contributed by atoms with van der Waals surface area (Å²) < 4.78 is 2.06. The van der Waals surface area contributed by atoms with E-state index in [-0.39, 0.29) is 24.0 Å². The summed E-state index contributed by atoms with van der Waals surface area (Å²) in [7, 11) is 1.84. The molecule has 0 bridgehead atoms. The lowest BCUT2D eigenvalue weighted by molar-refractivity contribution is 0.134. The Morgan fingerprint density at radius 1 is 1.16 bits per heavy atom. The fraction of sp³-hybridized carbons (Fsp3) is 0.417. The zero-order chi connectivity index (χ0) is 20.8. The van der Waals surface area contributed by atoms with Crippen LogP contribution in [0, 0.1) is 0 Å². The highest BCUT2D eigenvalue weighted by Crippen LogP contribution is 2.19. The van der Waals surface area contributed by atoms with E-state index >= 15 is 0 Å². The summed E-state index contributed by atoms with van der Waals surface area (Å²) in [6, 6.07) is 17.8. The van der Waals surface area contributed by atoms with Crippen LogP contribution in [0.5, 0.6) is 0 Å². The van der Waals surface area contributed by atoms with Crippen LogP contribution in [-0.2, 0) is 13.0 Å². The molecule has 31 heavy (non-hydrogen) atoms. The Labute approximate surface area is 202 Å². The molecule has 4 rings (SSSR count). The first-order valence-electron chi connectivity index (χ1n) is 10.9. The lowest BCUT2D eigenvalue weighted by Crippen LogP contribution is -2.51. The summed E-state index contributed by atoms with van der Waals surface area (Å²) >= 11 is 0. The van der Waals surface area contributed by atoms with Crippen molar-refractivity contribution < 1.29 is 0 Å². The molecule has 1 aliphatic rings. The van der Waals surface area contributed by atoms with Gasteiger partial charge in [0.05, 0.1) is 5.69 Å². The predicted molar refractivity (Wildman–Crippen MR) is 138 cm³/mol. The van der Waals surface area contributed by atoms with Crippen LogP contribution in [0.1, 0.15) is 31.0 Å². The van der Waals surface area contributed by atoms with Gasteiger partial charge in [-0.3, -0.25) is 9.89 Å². The molecule has 2 unspecified atom stereocenters. The highest BCUT2D eigenvalue weighted by molar-refractivity contribution is 14.0. The van der Waals surface area contributed by atoms with Crippen LogP contribution >= 0.6 is 24.0 Å². The average Bonchev–Trinajstić information content (AvgIpc) is 3.18. The second-order valence-electron chi connectivity index (χ2n) is 8.12. The van der Waals surface area contributed by atoms with Crippen LogP contribution in [-0.4, -0.2) is 52.5 Å². The number of piperidine rings is 1. The second kappa shape index (κ2) is 11.5. The van der Waals surface area contributed by atoms with Gasteiger partial charge < -0.3 is 15.0 Å². The van der Waals surface area contributed by atoms with Gasteiger partial charge in [-0.2, -0.15) is 0 Å². The molecule has 1 aromatic carbocycles. The summed E-state index contributed by atoms with van der Waals surface area (Å²) in [5.74, 6) is 0.882. The molecule has 166 valence electrons. The number of aliphatic imine (C=N–C) groups is 1. The first-order valence-corrected chi connectivity index (χ1v) is 10.9. The minimum atomic E-state index is 0. The van der Waals surface area contributed by atoms with E-state index < -0.39 is 0 Å². The smallest absolute Gasteiger partial charge is 0.191 e. The first-order chi connectivity index (χ1) is 14.7. The summed E-state index contributed by atoms with van der Waals surface area (Å²) in [5.41, 5.74) is 3.47. The number of rotatable bonds is 6. The quantitative estimate of drug-likeness (QED) is 0.289. The van der Waals surface area contributed by atoms with Crippen molar-refractivity contribution >= 4 is 35.6 Å². The molecule has 0 saturated carbocycles. The summed E-state index contributed by atoms with van der Waals surface area (Å²) in [6.07, 6.45) is 7.25. The van der Waals surface area contributed by atoms with Gasteiger partial charge in [-0.1, -0.05) is 36.4 Å². The van der Waals surface area contributed by atoms with Crippen LogP contribution in [0.25, 0.3) is 5.65 Å². The number of nitrogens with one attached hydrogen (secondary N) is 2. The normalized spacial score (nSPS) is 19.7. The number of hydrogen-bond acceptors (Lipinski definition) is 3. The zero-order valence-corrected chi connectivity index (χ0v) is 20.7. The second-order valence-corrected chi connectivity index (χ2v) is 8.12. The number of benzene rings is 1. The van der Waals surface area contributed by atoms with Crippen molar-refractivity contribution in [2.75, 3.05) is 20.1 Å². The fourth-order valence-corrected chi connectivity index (χ4v) is 4.21. The molecule has 2 atom stereocenters. The van der Waals surface area contributed by atoms with Gasteiger partial charge in [0.25, 0.3) is 0 Å². The van der Waals surface area contributed by atoms with Crippen molar-refractivity contribution in [3.8, 4) is 0 Å². The SMILES string of the molecule is CN=C(NCCc1cn2ccccc2n1)NC1CCN(Cc2ccccc2)C(C)C1.I. The molecular weight excluding hydrogens is 499 g/mol. The number of halogens is 1. The van der Waals surface area contributed by atoms with E-state index in [1.165, 1.54) is 5.56 Å². The van der Waals surface area contributed by atoms with Crippen molar-refractivity contribution in [1.29, 1.82) is 0 Å². The van der Waals surface area contributed by atoms with Crippen molar-refractivity contribution in [3.05, 3.63) is 72.2 Å². The molecule has 0 aliphatic carbocycles. The van der Waals surface area contributed by atoms with Gasteiger partial charge in [0.1, 0.15) is 5.65 Å². The Morgan fingerprint density at radius 3 is 2.71 bits per heavy atom. The van der Waals surface area contributed by atoms with Crippen molar-refractivity contribution in [2.24, 2.45) is 4.99 Å². The minimum Gasteiger partial charge on any atom is -0.356 e. The minimum absolute atomic E-state index is 0. The van der Waals surface area contributed by atoms with Crippen molar-refractivity contribution in [1.82, 2.24) is 24.9 Å². The van der Waals surface area contributed by atoms with E-state index in [4.69, 9.17) is 0 Å². The predicted octanol–water partition coefficient (Wildman–Crippen LogP) is 3.71. The third-order valence-electron chi connectivity index (χ3n) is 5.89. The van der Waals surface area contributed by atoms with Gasteiger partial charge in [-0.15, -0.1) is 24.0 Å². The Kier molecular flexibility index (Phi) is 8.71. The van der Waals surface area contributed by atoms with E-state index in [0.29, 0.717) is 12.1 Å². The summed E-state index contributed by atoms with van der Waals surface area (Å²) in [4.78, 5) is 11.7. The zero-order valence-electron chi connectivity index (χ0n) is 18.4. The molecule has 6 nitrogen and oxygen atoms in total. The Balaban J connectivity index is 0.00000272. The number of imidazole rings is 1. The molecule has 1 aliphatic heterocycles. The van der Waals surface area contributed by atoms with Gasteiger partial charge in [0, 0.05) is 57.6 Å². The number of likely N-dealkylation sites (tertiary alicyclic amines) is 1. The molecule has 1 saturated heterocycles. The van der Waals surface area contributed by atoms with Crippen molar-refractivity contribution in [3.63, 3.8) is 0 Å². The third kappa shape index (κ3) is 6.43. The lowest BCUT2D eigenvalue weighted by atomic mass is 9.97. The third-order valence-corrected chi connectivity index (χ3v) is 5.89. The molecule has 3 heterocycles. The molecule has 7 heteroatoms. The summed E-state index contributed by atoms with van der Waals surface area (Å²) in [5, 5.41) is 7.07. The Morgan fingerprint density at radius 2 is 1.97 bits per heavy atom. The van der Waals surface area contributed by atoms with Crippen molar-refractivity contribution in [2.45, 2.75) is 44.8 Å². The van der Waals surface area contributed by atoms with E-state index in [9.17, 15) is 0 Å². The number of nitrogens with zero attached hydrogens (tertiary/aromatic N) is 4. The van der Waals surface area contributed by atoms with Crippen LogP contribution < -0.4 is 10.6 Å². The largest absolute Gasteiger partial charge is 0.356 e. The molecule has 3 aromatic rings. The number of guanidine groups is 1. The number of hydrogen-bond donors (Lipinski definition) is 2. The maximum Gasteiger partial charge on any atom is 0.191 e. The fourth-order valence-electron chi connectivity index (χ4n) is 4.21. The highest BCUT2D eigenvalue weighted by atomic mass is 127. The standard InChI is InChI=1S/C24H32N6.HI/c1-19-16-21(12-15-29(19)17-20-8-4-3-5-9-20)28-24(25-2)26-13-11-22-18-30-14-7-6-10-23(30)27-22;/h3-10,14,18-19,21H,11-13,15-17H2,1-2H3,(H2,25,26,28);1H. The molecular formula is C24H33IN6. The Hall–Kier alpha value is -2.13. The van der Waals surface area contributed by atoms with Crippen LogP contribution in [0.3, 0.4) is 0 Å². The Bertz CT molecular complexity index is 937. The van der Waals surface area contributed by atoms with E-state index in [1.54, 1.807) is 0 Å². The number of aromatic nitrogens is 2. The van der Waals surface area contributed by atoms with E-state index in [0.717, 1.165) is 56.2 Å². The maximum absolute atomic E-state index is 4.66. The maximum atomic E-state index is 4.66. The van der Waals surface area contributed by atoms with Crippen LogP contribution in [0.15, 0.2) is 65.9 Å². The molecule has 1 fully saturated rings.